The van der Waals surface area contributed by atoms with Crippen LogP contribution in [-0.4, -0.2) is 24.9 Å². The van der Waals surface area contributed by atoms with Gasteiger partial charge in [0.2, 0.25) is 0 Å². The summed E-state index contributed by atoms with van der Waals surface area (Å²) < 4.78 is 33.9. The molecule has 4 rings (SSSR count). The maximum Gasteiger partial charge on any atom is 0.266 e. The van der Waals surface area contributed by atoms with Crippen LogP contribution in [-0.2, 0) is 10.0 Å². The third kappa shape index (κ3) is 3.65. The SMILES string of the molecule is COc1ccc(C2C3=C(CCCC3)NC(=S)N2S(=O)(=O)c2ccc(C)cc2)cc1. The molecule has 1 atom stereocenters. The Bertz CT molecular complexity index is 1060. The van der Waals surface area contributed by atoms with Gasteiger partial charge in [0, 0.05) is 5.70 Å². The highest BCUT2D eigenvalue weighted by atomic mass is 32.2. The summed E-state index contributed by atoms with van der Waals surface area (Å²) in [6.45, 7) is 1.93. The quantitative estimate of drug-likeness (QED) is 0.729. The predicted molar refractivity (Wildman–Crippen MR) is 117 cm³/mol. The van der Waals surface area contributed by atoms with Gasteiger partial charge in [0.1, 0.15) is 5.75 Å². The fourth-order valence-corrected chi connectivity index (χ4v) is 6.03. The standard InChI is InChI=1S/C22H24N2O3S2/c1-15-7-13-18(14-8-15)29(25,26)24-21(16-9-11-17(27-2)12-10-16)19-5-3-4-6-20(19)23-22(24)28/h7-14,21H,3-6H2,1-2H3,(H,23,28). The topological polar surface area (TPSA) is 58.6 Å². The van der Waals surface area contributed by atoms with Crippen molar-refractivity contribution in [1.82, 2.24) is 9.62 Å². The van der Waals surface area contributed by atoms with Crippen LogP contribution in [0.3, 0.4) is 0 Å². The van der Waals surface area contributed by atoms with Crippen molar-refractivity contribution in [3.05, 3.63) is 70.9 Å². The van der Waals surface area contributed by atoms with Crippen LogP contribution in [0, 0.1) is 6.92 Å². The fourth-order valence-electron chi connectivity index (χ4n) is 4.01. The Kier molecular flexibility index (Phi) is 5.36. The van der Waals surface area contributed by atoms with Gasteiger partial charge in [-0.15, -0.1) is 0 Å². The van der Waals surface area contributed by atoms with Gasteiger partial charge in [-0.1, -0.05) is 29.8 Å². The number of ether oxygens (including phenoxy) is 1. The zero-order chi connectivity index (χ0) is 20.6. The van der Waals surface area contributed by atoms with Gasteiger partial charge in [-0.2, -0.15) is 0 Å². The van der Waals surface area contributed by atoms with Crippen molar-refractivity contribution in [3.63, 3.8) is 0 Å². The highest BCUT2D eigenvalue weighted by Crippen LogP contribution is 2.43. The van der Waals surface area contributed by atoms with E-state index in [2.05, 4.69) is 5.32 Å². The summed E-state index contributed by atoms with van der Waals surface area (Å²) in [5.41, 5.74) is 4.06. The summed E-state index contributed by atoms with van der Waals surface area (Å²) in [7, 11) is -2.21. The lowest BCUT2D eigenvalue weighted by Gasteiger charge is -2.42. The van der Waals surface area contributed by atoms with Crippen molar-refractivity contribution in [2.75, 3.05) is 7.11 Å². The molecule has 0 amide bonds. The first kappa shape index (κ1) is 19.9. The number of rotatable bonds is 4. The van der Waals surface area contributed by atoms with E-state index >= 15 is 0 Å². The van der Waals surface area contributed by atoms with E-state index in [0.717, 1.165) is 53.8 Å². The van der Waals surface area contributed by atoms with Crippen LogP contribution in [0.2, 0.25) is 0 Å². The summed E-state index contributed by atoms with van der Waals surface area (Å²) in [6, 6.07) is 14.0. The van der Waals surface area contributed by atoms with Gasteiger partial charge in [-0.25, -0.2) is 12.7 Å². The van der Waals surface area contributed by atoms with Crippen LogP contribution in [0.5, 0.6) is 5.75 Å². The van der Waals surface area contributed by atoms with Crippen molar-refractivity contribution >= 4 is 27.4 Å². The zero-order valence-electron chi connectivity index (χ0n) is 16.5. The van der Waals surface area contributed by atoms with Crippen LogP contribution in [0.15, 0.2) is 64.7 Å². The van der Waals surface area contributed by atoms with Gasteiger partial charge in [-0.3, -0.25) is 0 Å². The molecular formula is C22H24N2O3S2. The van der Waals surface area contributed by atoms with Crippen molar-refractivity contribution in [1.29, 1.82) is 0 Å². The summed E-state index contributed by atoms with van der Waals surface area (Å²) in [5.74, 6) is 0.732. The van der Waals surface area contributed by atoms with Crippen LogP contribution < -0.4 is 10.1 Å². The lowest BCUT2D eigenvalue weighted by Crippen LogP contribution is -2.50. The lowest BCUT2D eigenvalue weighted by molar-refractivity contribution is 0.412. The van der Waals surface area contributed by atoms with E-state index in [1.807, 2.05) is 31.2 Å². The van der Waals surface area contributed by atoms with Crippen molar-refractivity contribution in [2.45, 2.75) is 43.5 Å². The van der Waals surface area contributed by atoms with Gasteiger partial charge in [0.25, 0.3) is 10.0 Å². The van der Waals surface area contributed by atoms with Gasteiger partial charge in [0.05, 0.1) is 18.0 Å². The van der Waals surface area contributed by atoms with Crippen molar-refractivity contribution < 1.29 is 13.2 Å². The average Bonchev–Trinajstić information content (AvgIpc) is 2.73. The van der Waals surface area contributed by atoms with E-state index in [1.165, 1.54) is 4.31 Å². The molecule has 5 nitrogen and oxygen atoms in total. The first-order valence-electron chi connectivity index (χ1n) is 9.70. The number of aryl methyl sites for hydroxylation is 1. The van der Waals surface area contributed by atoms with E-state index < -0.39 is 16.1 Å². The smallest absolute Gasteiger partial charge is 0.266 e. The highest BCUT2D eigenvalue weighted by molar-refractivity contribution is 7.91. The number of methoxy groups -OCH3 is 1. The molecule has 1 N–H and O–H groups in total. The molecule has 152 valence electrons. The third-order valence-corrected chi connectivity index (χ3v) is 7.74. The Morgan fingerprint density at radius 2 is 1.69 bits per heavy atom. The number of hydrogen-bond donors (Lipinski definition) is 1. The summed E-state index contributed by atoms with van der Waals surface area (Å²) in [6.07, 6.45) is 3.86. The second kappa shape index (κ2) is 7.80. The predicted octanol–water partition coefficient (Wildman–Crippen LogP) is 4.45. The Hall–Kier alpha value is -2.38. The van der Waals surface area contributed by atoms with Crippen LogP contribution >= 0.6 is 12.2 Å². The second-order valence-corrected chi connectivity index (χ2v) is 9.63. The van der Waals surface area contributed by atoms with Gasteiger partial charge >= 0.3 is 0 Å². The lowest BCUT2D eigenvalue weighted by atomic mass is 9.86. The second-order valence-electron chi connectivity index (χ2n) is 7.43. The minimum atomic E-state index is -3.83. The van der Waals surface area contributed by atoms with E-state index in [0.29, 0.717) is 0 Å². The number of sulfonamides is 1. The molecule has 2 aromatic rings. The fraction of sp³-hybridized carbons (Fsp3) is 0.318. The summed E-state index contributed by atoms with van der Waals surface area (Å²) in [5, 5.41) is 3.44. The molecule has 1 heterocycles. The van der Waals surface area contributed by atoms with E-state index in [9.17, 15) is 8.42 Å². The first-order valence-corrected chi connectivity index (χ1v) is 11.5. The Morgan fingerprint density at radius 1 is 1.03 bits per heavy atom. The normalized spacial score (nSPS) is 19.6. The molecule has 29 heavy (non-hydrogen) atoms. The molecule has 0 fully saturated rings. The van der Waals surface area contributed by atoms with E-state index in [1.54, 1.807) is 31.4 Å². The maximum atomic E-state index is 13.6. The Balaban J connectivity index is 1.86. The summed E-state index contributed by atoms with van der Waals surface area (Å²) in [4.78, 5) is 0.241. The van der Waals surface area contributed by atoms with Crippen molar-refractivity contribution in [2.24, 2.45) is 0 Å². The van der Waals surface area contributed by atoms with Gasteiger partial charge in [-0.05, 0) is 80.2 Å². The molecule has 0 spiro atoms. The number of thiocarbonyl (C=S) groups is 1. The van der Waals surface area contributed by atoms with E-state index in [-0.39, 0.29) is 10.0 Å². The van der Waals surface area contributed by atoms with Crippen molar-refractivity contribution in [3.8, 4) is 5.75 Å². The summed E-state index contributed by atoms with van der Waals surface area (Å²) >= 11 is 5.57. The molecule has 2 aliphatic rings. The van der Waals surface area contributed by atoms with Gasteiger partial charge < -0.3 is 10.1 Å². The maximum absolute atomic E-state index is 13.6. The van der Waals surface area contributed by atoms with Crippen LogP contribution in [0.4, 0.5) is 0 Å². The molecule has 1 unspecified atom stereocenters. The molecule has 0 saturated heterocycles. The Morgan fingerprint density at radius 3 is 2.34 bits per heavy atom. The molecule has 0 saturated carbocycles. The number of hydrogen-bond acceptors (Lipinski definition) is 4. The number of allylic oxidation sites excluding steroid dienone is 1. The monoisotopic (exact) mass is 428 g/mol. The van der Waals surface area contributed by atoms with Crippen LogP contribution in [0.25, 0.3) is 0 Å². The minimum Gasteiger partial charge on any atom is -0.497 e. The van der Waals surface area contributed by atoms with Gasteiger partial charge in [0.15, 0.2) is 5.11 Å². The molecular weight excluding hydrogens is 404 g/mol. The Labute approximate surface area is 177 Å². The average molecular weight is 429 g/mol. The molecule has 2 aromatic carbocycles. The molecule has 1 aliphatic heterocycles. The number of nitrogens with one attached hydrogen (secondary N) is 1. The van der Waals surface area contributed by atoms with Crippen LogP contribution in [0.1, 0.15) is 42.9 Å². The molecule has 1 aliphatic carbocycles. The number of benzene rings is 2. The zero-order valence-corrected chi connectivity index (χ0v) is 18.1. The molecule has 7 heteroatoms. The molecule has 0 aromatic heterocycles. The van der Waals surface area contributed by atoms with E-state index in [4.69, 9.17) is 17.0 Å². The largest absolute Gasteiger partial charge is 0.497 e. The first-order chi connectivity index (χ1) is 13.9. The molecule has 0 radical (unpaired) electrons. The highest BCUT2D eigenvalue weighted by Gasteiger charge is 2.41. The number of nitrogens with zero attached hydrogens (tertiary/aromatic N) is 1. The molecule has 0 bridgehead atoms. The third-order valence-electron chi connectivity index (χ3n) is 5.54. The minimum absolute atomic E-state index is 0.229.